The summed E-state index contributed by atoms with van der Waals surface area (Å²) in [6.45, 7) is 8.86. The van der Waals surface area contributed by atoms with Crippen molar-refractivity contribution in [3.63, 3.8) is 0 Å². The third kappa shape index (κ3) is 1.73. The Hall–Kier alpha value is -1.05. The van der Waals surface area contributed by atoms with E-state index in [4.69, 9.17) is 0 Å². The summed E-state index contributed by atoms with van der Waals surface area (Å²) >= 11 is 0. The average Bonchev–Trinajstić information content (AvgIpc) is 2.72. The second-order valence-corrected chi connectivity index (χ2v) is 4.65. The van der Waals surface area contributed by atoms with E-state index in [1.165, 1.54) is 24.1 Å². The van der Waals surface area contributed by atoms with Gasteiger partial charge in [-0.3, -0.25) is 4.99 Å². The predicted molar refractivity (Wildman–Crippen MR) is 64.8 cm³/mol. The van der Waals surface area contributed by atoms with E-state index in [9.17, 15) is 0 Å². The summed E-state index contributed by atoms with van der Waals surface area (Å²) in [6, 6.07) is 2.30. The highest BCUT2D eigenvalue weighted by molar-refractivity contribution is 5.78. The molecule has 1 aromatic heterocycles. The van der Waals surface area contributed by atoms with Crippen LogP contribution in [-0.4, -0.2) is 17.3 Å². The molecule has 0 bridgehead atoms. The third-order valence-electron chi connectivity index (χ3n) is 3.88. The Kier molecular flexibility index (Phi) is 2.68. The molecule has 0 N–H and O–H groups in total. The van der Waals surface area contributed by atoms with Crippen LogP contribution in [0.15, 0.2) is 17.3 Å². The van der Waals surface area contributed by atoms with Crippen LogP contribution in [0.3, 0.4) is 0 Å². The fraction of sp³-hybridized carbons (Fsp3) is 0.615. The number of hydrogen-bond donors (Lipinski definition) is 0. The quantitative estimate of drug-likeness (QED) is 0.720. The maximum Gasteiger partial charge on any atom is 0.0591 e. The molecule has 0 fully saturated rings. The first-order valence-electron chi connectivity index (χ1n) is 5.90. The Balaban J connectivity index is 2.37. The largest absolute Gasteiger partial charge is 0.345 e. The van der Waals surface area contributed by atoms with Crippen LogP contribution in [0.4, 0.5) is 0 Å². The highest BCUT2D eigenvalue weighted by Gasteiger charge is 2.24. The molecule has 0 unspecified atom stereocenters. The molecule has 0 amide bonds. The average molecular weight is 204 g/mol. The fourth-order valence-electron chi connectivity index (χ4n) is 2.14. The molecule has 2 heterocycles. The molecular formula is C13H20N2. The van der Waals surface area contributed by atoms with Gasteiger partial charge in [-0.1, -0.05) is 20.8 Å². The zero-order valence-corrected chi connectivity index (χ0v) is 9.95. The van der Waals surface area contributed by atoms with Crippen molar-refractivity contribution in [2.45, 2.75) is 45.6 Å². The zero-order valence-electron chi connectivity index (χ0n) is 9.95. The molecule has 1 aromatic rings. The Labute approximate surface area is 92.0 Å². The van der Waals surface area contributed by atoms with Gasteiger partial charge in [-0.05, 0) is 29.9 Å². The van der Waals surface area contributed by atoms with Crippen LogP contribution in [0.25, 0.3) is 0 Å². The third-order valence-corrected chi connectivity index (χ3v) is 3.88. The van der Waals surface area contributed by atoms with Gasteiger partial charge in [-0.2, -0.15) is 0 Å². The van der Waals surface area contributed by atoms with Crippen molar-refractivity contribution in [2.24, 2.45) is 4.99 Å². The highest BCUT2D eigenvalue weighted by Crippen LogP contribution is 2.32. The van der Waals surface area contributed by atoms with E-state index in [0.717, 1.165) is 13.1 Å². The molecule has 0 aliphatic carbocycles. The lowest BCUT2D eigenvalue weighted by atomic mass is 9.79. The fourth-order valence-corrected chi connectivity index (χ4v) is 2.14. The van der Waals surface area contributed by atoms with E-state index in [1.54, 1.807) is 0 Å². The maximum absolute atomic E-state index is 4.32. The number of rotatable bonds is 3. The smallest absolute Gasteiger partial charge is 0.0591 e. The first-order chi connectivity index (χ1) is 7.19. The number of hydrogen-bond acceptors (Lipinski definition) is 1. The summed E-state index contributed by atoms with van der Waals surface area (Å²) in [5, 5.41) is 0. The minimum absolute atomic E-state index is 0.332. The van der Waals surface area contributed by atoms with Crippen LogP contribution in [0.2, 0.25) is 0 Å². The van der Waals surface area contributed by atoms with Gasteiger partial charge in [0.05, 0.1) is 12.2 Å². The molecule has 0 atom stereocenters. The SMILES string of the molecule is CCC(C)(CC)c1cc2n(c1)CCN=C2. The summed E-state index contributed by atoms with van der Waals surface area (Å²) < 4.78 is 2.33. The van der Waals surface area contributed by atoms with E-state index in [2.05, 4.69) is 42.6 Å². The predicted octanol–water partition coefficient (Wildman–Crippen LogP) is 3.00. The lowest BCUT2D eigenvalue weighted by Gasteiger charge is -2.25. The molecule has 0 saturated heterocycles. The van der Waals surface area contributed by atoms with Crippen LogP contribution in [0, 0.1) is 0 Å². The van der Waals surface area contributed by atoms with Gasteiger partial charge in [0.2, 0.25) is 0 Å². The summed E-state index contributed by atoms with van der Waals surface area (Å²) in [5.74, 6) is 0. The zero-order chi connectivity index (χ0) is 10.9. The molecule has 15 heavy (non-hydrogen) atoms. The Morgan fingerprint density at radius 2 is 2.13 bits per heavy atom. The number of aromatic nitrogens is 1. The van der Waals surface area contributed by atoms with Crippen LogP contribution in [-0.2, 0) is 12.0 Å². The van der Waals surface area contributed by atoms with Crippen LogP contribution < -0.4 is 0 Å². The summed E-state index contributed by atoms with van der Waals surface area (Å²) in [5.41, 5.74) is 3.07. The second kappa shape index (κ2) is 3.84. The van der Waals surface area contributed by atoms with Gasteiger partial charge in [0.1, 0.15) is 0 Å². The molecule has 2 heteroatoms. The van der Waals surface area contributed by atoms with Gasteiger partial charge in [-0.25, -0.2) is 0 Å². The minimum Gasteiger partial charge on any atom is -0.345 e. The number of fused-ring (bicyclic) bond motifs is 1. The lowest BCUT2D eigenvalue weighted by molar-refractivity contribution is 0.438. The van der Waals surface area contributed by atoms with E-state index >= 15 is 0 Å². The van der Waals surface area contributed by atoms with Crippen molar-refractivity contribution in [1.82, 2.24) is 4.57 Å². The molecule has 0 spiro atoms. The standard InChI is InChI=1S/C13H20N2/c1-4-13(3,5-2)11-8-12-9-14-6-7-15(12)10-11/h8-10H,4-7H2,1-3H3. The first kappa shape index (κ1) is 10.5. The van der Waals surface area contributed by atoms with Gasteiger partial charge in [0.15, 0.2) is 0 Å². The van der Waals surface area contributed by atoms with Gasteiger partial charge < -0.3 is 4.57 Å². The van der Waals surface area contributed by atoms with E-state index < -0.39 is 0 Å². The molecule has 0 radical (unpaired) electrons. The van der Waals surface area contributed by atoms with Crippen LogP contribution >= 0.6 is 0 Å². The van der Waals surface area contributed by atoms with Gasteiger partial charge in [0, 0.05) is 19.0 Å². The number of aliphatic imine (C=N–C) groups is 1. The second-order valence-electron chi connectivity index (χ2n) is 4.65. The molecular weight excluding hydrogens is 184 g/mol. The van der Waals surface area contributed by atoms with Crippen LogP contribution in [0.1, 0.15) is 44.9 Å². The van der Waals surface area contributed by atoms with Crippen molar-refractivity contribution in [3.05, 3.63) is 23.5 Å². The Morgan fingerprint density at radius 3 is 2.73 bits per heavy atom. The normalized spacial score (nSPS) is 15.4. The van der Waals surface area contributed by atoms with E-state index in [1.807, 2.05) is 6.21 Å². The molecule has 82 valence electrons. The molecule has 1 aliphatic rings. The van der Waals surface area contributed by atoms with Crippen molar-refractivity contribution >= 4 is 6.21 Å². The summed E-state index contributed by atoms with van der Waals surface area (Å²) in [7, 11) is 0. The Morgan fingerprint density at radius 1 is 1.40 bits per heavy atom. The summed E-state index contributed by atoms with van der Waals surface area (Å²) in [6.07, 6.45) is 6.71. The number of nitrogens with zero attached hydrogens (tertiary/aromatic N) is 2. The summed E-state index contributed by atoms with van der Waals surface area (Å²) in [4.78, 5) is 4.32. The van der Waals surface area contributed by atoms with Crippen LogP contribution in [0.5, 0.6) is 0 Å². The van der Waals surface area contributed by atoms with Crippen molar-refractivity contribution in [3.8, 4) is 0 Å². The Bertz CT molecular complexity index is 370. The molecule has 2 rings (SSSR count). The molecule has 2 nitrogen and oxygen atoms in total. The maximum atomic E-state index is 4.32. The lowest BCUT2D eigenvalue weighted by Crippen LogP contribution is -2.18. The van der Waals surface area contributed by atoms with Crippen molar-refractivity contribution in [2.75, 3.05) is 6.54 Å². The topological polar surface area (TPSA) is 17.3 Å². The highest BCUT2D eigenvalue weighted by atomic mass is 15.0. The molecule has 0 saturated carbocycles. The van der Waals surface area contributed by atoms with Crippen molar-refractivity contribution < 1.29 is 0 Å². The van der Waals surface area contributed by atoms with E-state index in [-0.39, 0.29) is 0 Å². The van der Waals surface area contributed by atoms with Gasteiger partial charge in [0.25, 0.3) is 0 Å². The first-order valence-corrected chi connectivity index (χ1v) is 5.90. The van der Waals surface area contributed by atoms with Crippen molar-refractivity contribution in [1.29, 1.82) is 0 Å². The monoisotopic (exact) mass is 204 g/mol. The molecule has 0 aromatic carbocycles. The van der Waals surface area contributed by atoms with E-state index in [0.29, 0.717) is 5.41 Å². The van der Waals surface area contributed by atoms with Gasteiger partial charge in [-0.15, -0.1) is 0 Å². The van der Waals surface area contributed by atoms with Gasteiger partial charge >= 0.3 is 0 Å². The minimum atomic E-state index is 0.332. The molecule has 1 aliphatic heterocycles.